The molecule has 2 unspecified atom stereocenters. The van der Waals surface area contributed by atoms with Gasteiger partial charge in [-0.1, -0.05) is 6.92 Å². The molecule has 0 aliphatic heterocycles. The molecule has 0 rings (SSSR count). The molecule has 0 fully saturated rings. The van der Waals surface area contributed by atoms with Gasteiger partial charge in [0.1, 0.15) is 5.25 Å². The minimum atomic E-state index is -3.86. The second-order valence-corrected chi connectivity index (χ2v) is 5.05. The molecule has 0 saturated carbocycles. The van der Waals surface area contributed by atoms with E-state index in [-0.39, 0.29) is 6.42 Å². The smallest absolute Gasteiger partial charge is 0.321 e. The van der Waals surface area contributed by atoms with Crippen molar-refractivity contribution in [3.8, 4) is 6.07 Å². The van der Waals surface area contributed by atoms with Crippen LogP contribution in [-0.2, 0) is 14.6 Å². The Balaban J connectivity index is 4.99. The van der Waals surface area contributed by atoms with E-state index in [4.69, 9.17) is 10.4 Å². The molecule has 1 N–H and O–H groups in total. The number of aliphatic carboxylic acids is 1. The third-order valence-electron chi connectivity index (χ3n) is 1.75. The van der Waals surface area contributed by atoms with E-state index in [1.165, 1.54) is 6.92 Å². The molecule has 0 aliphatic carbocycles. The molecule has 0 radical (unpaired) electrons. The maximum atomic E-state index is 11.3. The number of nitriles is 1. The van der Waals surface area contributed by atoms with E-state index >= 15 is 0 Å². The van der Waals surface area contributed by atoms with Crippen molar-refractivity contribution < 1.29 is 18.3 Å². The van der Waals surface area contributed by atoms with Gasteiger partial charge in [-0.05, 0) is 13.3 Å². The summed E-state index contributed by atoms with van der Waals surface area (Å²) in [5.74, 6) is -1.42. The molecule has 2 atom stereocenters. The number of carboxylic acids is 1. The summed E-state index contributed by atoms with van der Waals surface area (Å²) in [5, 5.41) is 14.2. The minimum absolute atomic E-state index is 0.108. The molecule has 74 valence electrons. The second kappa shape index (κ2) is 4.23. The average molecular weight is 205 g/mol. The Morgan fingerprint density at radius 2 is 2.08 bits per heavy atom. The first-order valence-corrected chi connectivity index (χ1v) is 5.34. The van der Waals surface area contributed by atoms with Crippen LogP contribution in [0.4, 0.5) is 0 Å². The monoisotopic (exact) mass is 205 g/mol. The molecule has 0 bridgehead atoms. The molecule has 5 nitrogen and oxygen atoms in total. The van der Waals surface area contributed by atoms with Crippen molar-refractivity contribution in [2.45, 2.75) is 30.8 Å². The summed E-state index contributed by atoms with van der Waals surface area (Å²) in [4.78, 5) is 10.4. The van der Waals surface area contributed by atoms with Crippen molar-refractivity contribution in [1.29, 1.82) is 5.26 Å². The molecule has 0 aliphatic rings. The van der Waals surface area contributed by atoms with Crippen LogP contribution in [0.15, 0.2) is 0 Å². The zero-order valence-corrected chi connectivity index (χ0v) is 8.21. The fourth-order valence-corrected chi connectivity index (χ4v) is 2.17. The highest BCUT2D eigenvalue weighted by molar-refractivity contribution is 7.93. The lowest BCUT2D eigenvalue weighted by atomic mass is 10.4. The Labute approximate surface area is 76.9 Å². The first-order valence-electron chi connectivity index (χ1n) is 3.73. The van der Waals surface area contributed by atoms with Crippen LogP contribution < -0.4 is 0 Å². The summed E-state index contributed by atoms with van der Waals surface area (Å²) in [6, 6.07) is 1.58. The van der Waals surface area contributed by atoms with Gasteiger partial charge in [0, 0.05) is 0 Å². The van der Waals surface area contributed by atoms with Crippen LogP contribution in [0.25, 0.3) is 0 Å². The van der Waals surface area contributed by atoms with Crippen molar-refractivity contribution >= 4 is 15.8 Å². The van der Waals surface area contributed by atoms with Crippen molar-refractivity contribution in [3.05, 3.63) is 0 Å². The van der Waals surface area contributed by atoms with Gasteiger partial charge in [-0.2, -0.15) is 5.26 Å². The van der Waals surface area contributed by atoms with Gasteiger partial charge in [-0.25, -0.2) is 8.42 Å². The third-order valence-corrected chi connectivity index (χ3v) is 4.17. The first kappa shape index (κ1) is 11.9. The molecular weight excluding hydrogens is 194 g/mol. The number of rotatable bonds is 4. The number of nitrogens with zero attached hydrogens (tertiary/aromatic N) is 1. The maximum Gasteiger partial charge on any atom is 0.321 e. The van der Waals surface area contributed by atoms with Gasteiger partial charge in [0.25, 0.3) is 0 Å². The fourth-order valence-electron chi connectivity index (χ4n) is 0.784. The summed E-state index contributed by atoms with van der Waals surface area (Å²) in [6.07, 6.45) is 0.108. The van der Waals surface area contributed by atoms with Crippen LogP contribution in [0.1, 0.15) is 20.3 Å². The van der Waals surface area contributed by atoms with Gasteiger partial charge in [-0.3, -0.25) is 4.79 Å². The van der Waals surface area contributed by atoms with E-state index in [1.807, 2.05) is 0 Å². The molecule has 0 saturated heterocycles. The zero-order chi connectivity index (χ0) is 10.6. The zero-order valence-electron chi connectivity index (χ0n) is 7.39. The first-order chi connectivity index (χ1) is 5.87. The van der Waals surface area contributed by atoms with E-state index in [1.54, 1.807) is 6.07 Å². The Hall–Kier alpha value is -1.09. The van der Waals surface area contributed by atoms with Gasteiger partial charge in [0.05, 0.1) is 6.07 Å². The van der Waals surface area contributed by atoms with Gasteiger partial charge >= 0.3 is 5.97 Å². The van der Waals surface area contributed by atoms with Crippen molar-refractivity contribution in [3.63, 3.8) is 0 Å². The maximum absolute atomic E-state index is 11.3. The fraction of sp³-hybridized carbons (Fsp3) is 0.714. The highest BCUT2D eigenvalue weighted by Gasteiger charge is 2.34. The van der Waals surface area contributed by atoms with Crippen LogP contribution in [0.3, 0.4) is 0 Å². The highest BCUT2D eigenvalue weighted by atomic mass is 32.2. The Bertz CT molecular complexity index is 327. The molecule has 0 spiro atoms. The molecular formula is C7H11NO4S. The predicted molar refractivity (Wildman–Crippen MR) is 45.7 cm³/mol. The molecule has 13 heavy (non-hydrogen) atoms. The van der Waals surface area contributed by atoms with Crippen LogP contribution >= 0.6 is 0 Å². The lowest BCUT2D eigenvalue weighted by Crippen LogP contribution is -2.34. The highest BCUT2D eigenvalue weighted by Crippen LogP contribution is 2.12. The summed E-state index contributed by atoms with van der Waals surface area (Å²) in [7, 11) is -3.86. The molecule has 6 heteroatoms. The van der Waals surface area contributed by atoms with Crippen LogP contribution in [0.5, 0.6) is 0 Å². The SMILES string of the molecule is CCC(C#N)S(=O)(=O)C(C)C(=O)O. The largest absolute Gasteiger partial charge is 0.480 e. The van der Waals surface area contributed by atoms with E-state index < -0.39 is 26.3 Å². The van der Waals surface area contributed by atoms with Crippen molar-refractivity contribution in [1.82, 2.24) is 0 Å². The Kier molecular flexibility index (Phi) is 3.88. The molecule has 0 aromatic carbocycles. The minimum Gasteiger partial charge on any atom is -0.480 e. The Morgan fingerprint density at radius 1 is 1.62 bits per heavy atom. The van der Waals surface area contributed by atoms with Crippen LogP contribution in [0.2, 0.25) is 0 Å². The van der Waals surface area contributed by atoms with Gasteiger partial charge in [0.15, 0.2) is 15.1 Å². The third kappa shape index (κ3) is 2.42. The van der Waals surface area contributed by atoms with E-state index in [0.717, 1.165) is 6.92 Å². The lowest BCUT2D eigenvalue weighted by molar-refractivity contribution is -0.136. The molecule has 0 aromatic rings. The van der Waals surface area contributed by atoms with Crippen LogP contribution in [-0.4, -0.2) is 30.0 Å². The van der Waals surface area contributed by atoms with E-state index in [2.05, 4.69) is 0 Å². The van der Waals surface area contributed by atoms with Gasteiger partial charge in [-0.15, -0.1) is 0 Å². The molecule has 0 aromatic heterocycles. The number of hydrogen-bond donors (Lipinski definition) is 1. The van der Waals surface area contributed by atoms with Crippen molar-refractivity contribution in [2.75, 3.05) is 0 Å². The second-order valence-electron chi connectivity index (χ2n) is 2.60. The summed E-state index contributed by atoms with van der Waals surface area (Å²) < 4.78 is 22.7. The number of carbonyl (C=O) groups is 1. The summed E-state index contributed by atoms with van der Waals surface area (Å²) in [6.45, 7) is 2.59. The molecule has 0 heterocycles. The van der Waals surface area contributed by atoms with Gasteiger partial charge in [0.2, 0.25) is 0 Å². The quantitative estimate of drug-likeness (QED) is 0.706. The van der Waals surface area contributed by atoms with Crippen LogP contribution in [0, 0.1) is 11.3 Å². The van der Waals surface area contributed by atoms with Gasteiger partial charge < -0.3 is 5.11 Å². The Morgan fingerprint density at radius 3 is 2.31 bits per heavy atom. The number of hydrogen-bond acceptors (Lipinski definition) is 4. The van der Waals surface area contributed by atoms with Crippen molar-refractivity contribution in [2.24, 2.45) is 0 Å². The normalized spacial score (nSPS) is 15.8. The predicted octanol–water partition coefficient (Wildman–Crippen LogP) is 0.176. The lowest BCUT2D eigenvalue weighted by Gasteiger charge is -2.11. The standard InChI is InChI=1S/C7H11NO4S/c1-3-6(4-8)13(11,12)5(2)7(9)10/h5-6H,3H2,1-2H3,(H,9,10). The average Bonchev–Trinajstić information content (AvgIpc) is 2.04. The van der Waals surface area contributed by atoms with E-state index in [0.29, 0.717) is 0 Å². The topological polar surface area (TPSA) is 95.2 Å². The summed E-state index contributed by atoms with van der Waals surface area (Å²) in [5.41, 5.74) is 0. The molecule has 0 amide bonds. The summed E-state index contributed by atoms with van der Waals surface area (Å²) >= 11 is 0. The number of carboxylic acid groups (broad SMARTS) is 1. The number of sulfone groups is 1. The van der Waals surface area contributed by atoms with E-state index in [9.17, 15) is 13.2 Å².